The van der Waals surface area contributed by atoms with Crippen LogP contribution in [0.25, 0.3) is 0 Å². The van der Waals surface area contributed by atoms with Crippen LogP contribution in [-0.2, 0) is 16.0 Å². The third-order valence-corrected chi connectivity index (χ3v) is 5.02. The molecule has 2 fully saturated rings. The summed E-state index contributed by atoms with van der Waals surface area (Å²) in [4.78, 5) is 39.2. The van der Waals surface area contributed by atoms with Crippen molar-refractivity contribution in [3.8, 4) is 0 Å². The Balaban J connectivity index is 1.41. The van der Waals surface area contributed by atoms with E-state index in [1.807, 2.05) is 35.2 Å². The van der Waals surface area contributed by atoms with E-state index in [-0.39, 0.29) is 17.8 Å². The van der Waals surface area contributed by atoms with Crippen LogP contribution in [0.3, 0.4) is 0 Å². The smallest absolute Gasteiger partial charge is 0.324 e. The maximum absolute atomic E-state index is 12.2. The van der Waals surface area contributed by atoms with E-state index in [0.717, 1.165) is 11.3 Å². The number of likely N-dealkylation sites (N-methyl/N-ethyl adjacent to an activating group) is 1. The Bertz CT molecular complexity index is 654. The molecule has 4 amide bonds. The molecule has 2 aliphatic heterocycles. The molecule has 0 atom stereocenters. The van der Waals surface area contributed by atoms with Gasteiger partial charge in [-0.1, -0.05) is 30.3 Å². The summed E-state index contributed by atoms with van der Waals surface area (Å²) in [6.07, 6.45) is 1.89. The molecule has 0 unspecified atom stereocenters. The number of carbonyl (C=O) groups is 3. The minimum atomic E-state index is -0.772. The van der Waals surface area contributed by atoms with Crippen molar-refractivity contribution in [3.05, 3.63) is 35.9 Å². The molecule has 0 aliphatic carbocycles. The Morgan fingerprint density at radius 2 is 1.88 bits per heavy atom. The number of hydrogen-bond donors (Lipinski definition) is 2. The van der Waals surface area contributed by atoms with Gasteiger partial charge in [-0.15, -0.1) is 0 Å². The fourth-order valence-electron chi connectivity index (χ4n) is 3.44. The Morgan fingerprint density at radius 3 is 2.48 bits per heavy atom. The molecular weight excluding hydrogens is 320 g/mol. The van der Waals surface area contributed by atoms with Crippen LogP contribution in [0.4, 0.5) is 4.79 Å². The van der Waals surface area contributed by atoms with E-state index < -0.39 is 5.54 Å². The molecular formula is C18H24N4O3. The fraction of sp³-hybridized carbons (Fsp3) is 0.500. The lowest BCUT2D eigenvalue weighted by Crippen LogP contribution is -2.55. The molecule has 1 spiro atoms. The summed E-state index contributed by atoms with van der Waals surface area (Å²) in [6.45, 7) is 2.17. The zero-order chi connectivity index (χ0) is 17.9. The van der Waals surface area contributed by atoms with Crippen LogP contribution < -0.4 is 10.6 Å². The number of urea groups is 1. The molecule has 0 bridgehead atoms. The monoisotopic (exact) mass is 344 g/mol. The number of hydrogen-bond acceptors (Lipinski definition) is 4. The Hall–Kier alpha value is -2.41. The fourth-order valence-corrected chi connectivity index (χ4v) is 3.44. The van der Waals surface area contributed by atoms with Crippen molar-refractivity contribution in [1.29, 1.82) is 0 Å². The van der Waals surface area contributed by atoms with Crippen molar-refractivity contribution >= 4 is 17.8 Å². The summed E-state index contributed by atoms with van der Waals surface area (Å²) >= 11 is 0. The van der Waals surface area contributed by atoms with Gasteiger partial charge >= 0.3 is 6.03 Å². The van der Waals surface area contributed by atoms with Crippen LogP contribution in [0.2, 0.25) is 0 Å². The molecule has 0 radical (unpaired) electrons. The van der Waals surface area contributed by atoms with Crippen molar-refractivity contribution in [3.63, 3.8) is 0 Å². The first-order valence-corrected chi connectivity index (χ1v) is 8.63. The first kappa shape index (κ1) is 17.4. The molecule has 2 N–H and O–H groups in total. The topological polar surface area (TPSA) is 81.8 Å². The second kappa shape index (κ2) is 7.23. The lowest BCUT2D eigenvalue weighted by Gasteiger charge is -2.36. The molecule has 7 heteroatoms. The summed E-state index contributed by atoms with van der Waals surface area (Å²) in [5.74, 6) is -0.171. The van der Waals surface area contributed by atoms with Gasteiger partial charge in [-0.2, -0.15) is 0 Å². The van der Waals surface area contributed by atoms with Gasteiger partial charge in [0, 0.05) is 26.7 Å². The number of likely N-dealkylation sites (tertiary alicyclic amines) is 1. The zero-order valence-electron chi connectivity index (χ0n) is 14.5. The highest BCUT2D eigenvalue weighted by Gasteiger charge is 2.50. The third-order valence-electron chi connectivity index (χ3n) is 5.02. The summed E-state index contributed by atoms with van der Waals surface area (Å²) in [5, 5.41) is 5.74. The van der Waals surface area contributed by atoms with Crippen molar-refractivity contribution < 1.29 is 14.4 Å². The number of benzene rings is 1. The summed E-state index contributed by atoms with van der Waals surface area (Å²) in [7, 11) is 1.50. The minimum Gasteiger partial charge on any atom is -0.355 e. The molecule has 134 valence electrons. The molecule has 7 nitrogen and oxygen atoms in total. The van der Waals surface area contributed by atoms with E-state index in [1.165, 1.54) is 12.6 Å². The highest BCUT2D eigenvalue weighted by molar-refractivity contribution is 6.06. The number of carbonyl (C=O) groups excluding carboxylic acids is 3. The van der Waals surface area contributed by atoms with Gasteiger partial charge in [0.1, 0.15) is 5.54 Å². The van der Waals surface area contributed by atoms with Gasteiger partial charge in [0.2, 0.25) is 5.91 Å². The van der Waals surface area contributed by atoms with E-state index in [1.54, 1.807) is 0 Å². The van der Waals surface area contributed by atoms with E-state index >= 15 is 0 Å². The maximum atomic E-state index is 12.2. The van der Waals surface area contributed by atoms with Crippen LogP contribution >= 0.6 is 0 Å². The van der Waals surface area contributed by atoms with Gasteiger partial charge < -0.3 is 10.6 Å². The summed E-state index contributed by atoms with van der Waals surface area (Å²) in [6, 6.07) is 9.70. The molecule has 0 aromatic heterocycles. The highest BCUT2D eigenvalue weighted by atomic mass is 16.2. The van der Waals surface area contributed by atoms with Crippen molar-refractivity contribution in [2.24, 2.45) is 0 Å². The number of rotatable bonds is 5. The third kappa shape index (κ3) is 3.82. The number of nitrogens with one attached hydrogen (secondary N) is 2. The minimum absolute atomic E-state index is 0.00853. The van der Waals surface area contributed by atoms with E-state index in [2.05, 4.69) is 10.6 Å². The molecule has 3 rings (SSSR count). The maximum Gasteiger partial charge on any atom is 0.324 e. The van der Waals surface area contributed by atoms with E-state index in [0.29, 0.717) is 39.0 Å². The van der Waals surface area contributed by atoms with Crippen molar-refractivity contribution in [2.45, 2.75) is 24.8 Å². The largest absolute Gasteiger partial charge is 0.355 e. The van der Waals surface area contributed by atoms with E-state index in [9.17, 15) is 14.4 Å². The molecule has 2 aliphatic rings. The predicted molar refractivity (Wildman–Crippen MR) is 92.9 cm³/mol. The first-order chi connectivity index (χ1) is 12.0. The van der Waals surface area contributed by atoms with Crippen LogP contribution in [0.15, 0.2) is 30.3 Å². The molecule has 2 saturated heterocycles. The lowest BCUT2D eigenvalue weighted by molar-refractivity contribution is -0.132. The molecule has 25 heavy (non-hydrogen) atoms. The van der Waals surface area contributed by atoms with Gasteiger partial charge in [-0.25, -0.2) is 4.79 Å². The summed E-state index contributed by atoms with van der Waals surface area (Å²) in [5.41, 5.74) is 0.425. The molecule has 2 heterocycles. The quantitative estimate of drug-likeness (QED) is 0.756. The van der Waals surface area contributed by atoms with Crippen molar-refractivity contribution in [1.82, 2.24) is 20.4 Å². The zero-order valence-corrected chi connectivity index (χ0v) is 14.5. The van der Waals surface area contributed by atoms with Crippen LogP contribution in [-0.4, -0.2) is 66.4 Å². The molecule has 0 saturated carbocycles. The highest BCUT2D eigenvalue weighted by Crippen LogP contribution is 2.28. The predicted octanol–water partition coefficient (Wildman–Crippen LogP) is 0.362. The van der Waals surface area contributed by atoms with Crippen LogP contribution in [0.1, 0.15) is 18.4 Å². The molecule has 1 aromatic carbocycles. The average molecular weight is 344 g/mol. The van der Waals surface area contributed by atoms with Gasteiger partial charge in [-0.3, -0.25) is 19.4 Å². The molecule has 1 aromatic rings. The second-order valence-corrected chi connectivity index (χ2v) is 6.74. The number of amides is 4. The Labute approximate surface area is 147 Å². The second-order valence-electron chi connectivity index (χ2n) is 6.74. The average Bonchev–Trinajstić information content (AvgIpc) is 2.82. The van der Waals surface area contributed by atoms with Gasteiger partial charge in [0.25, 0.3) is 5.91 Å². The van der Waals surface area contributed by atoms with Crippen LogP contribution in [0.5, 0.6) is 0 Å². The van der Waals surface area contributed by atoms with Gasteiger partial charge in [0.15, 0.2) is 0 Å². The van der Waals surface area contributed by atoms with Gasteiger partial charge in [-0.05, 0) is 24.8 Å². The number of nitrogens with zero attached hydrogens (tertiary/aromatic N) is 2. The number of piperidine rings is 1. The van der Waals surface area contributed by atoms with E-state index in [4.69, 9.17) is 0 Å². The van der Waals surface area contributed by atoms with Crippen molar-refractivity contribution in [2.75, 3.05) is 33.2 Å². The van der Waals surface area contributed by atoms with Crippen LogP contribution in [0, 0.1) is 0 Å². The lowest BCUT2D eigenvalue weighted by atomic mass is 9.87. The number of imide groups is 1. The standard InChI is InChI=1S/C18H24N4O3/c1-21-16(24)18(20-17(21)25)8-11-22(12-9-18)13-15(23)19-10-7-14-5-3-2-4-6-14/h2-6H,7-13H2,1H3,(H,19,23)(H,20,25). The summed E-state index contributed by atoms with van der Waals surface area (Å²) < 4.78 is 0. The first-order valence-electron chi connectivity index (χ1n) is 8.63. The Morgan fingerprint density at radius 1 is 1.20 bits per heavy atom. The Kier molecular flexibility index (Phi) is 5.03. The SMILES string of the molecule is CN1C(=O)NC2(CCN(CC(=O)NCCc3ccccc3)CC2)C1=O. The van der Waals surface area contributed by atoms with Gasteiger partial charge in [0.05, 0.1) is 6.54 Å². The normalized spacial score (nSPS) is 20.0.